The Morgan fingerprint density at radius 1 is 1.25 bits per heavy atom. The fraction of sp³-hybridized carbons (Fsp3) is 0.471. The minimum Gasteiger partial charge on any atom is -0.429 e. The van der Waals surface area contributed by atoms with Gasteiger partial charge in [-0.3, -0.25) is 9.59 Å². The Bertz CT molecular complexity index is 852. The Kier molecular flexibility index (Phi) is 3.88. The second-order valence-corrected chi connectivity index (χ2v) is 6.98. The van der Waals surface area contributed by atoms with E-state index in [-0.39, 0.29) is 23.7 Å². The monoisotopic (exact) mass is 345 g/mol. The lowest BCUT2D eigenvalue weighted by Crippen LogP contribution is -2.44. The maximum Gasteiger partial charge on any atom is 0.266 e. The molecule has 1 saturated carbocycles. The second kappa shape index (κ2) is 6.05. The van der Waals surface area contributed by atoms with Gasteiger partial charge in [-0.1, -0.05) is 0 Å². The first kappa shape index (κ1) is 15.4. The predicted molar refractivity (Wildman–Crippen MR) is 92.1 cm³/mol. The zero-order valence-electron chi connectivity index (χ0n) is 13.2. The van der Waals surface area contributed by atoms with Crippen LogP contribution in [-0.4, -0.2) is 34.8 Å². The summed E-state index contributed by atoms with van der Waals surface area (Å²) in [4.78, 5) is 29.9. The lowest BCUT2D eigenvalue weighted by molar-refractivity contribution is -0.135. The largest absolute Gasteiger partial charge is 0.429 e. The van der Waals surface area contributed by atoms with Crippen molar-refractivity contribution in [3.63, 3.8) is 0 Å². The van der Waals surface area contributed by atoms with Crippen LogP contribution in [0.4, 0.5) is 5.69 Å². The molecule has 2 N–H and O–H groups in total. The molecule has 7 heteroatoms. The van der Waals surface area contributed by atoms with Gasteiger partial charge in [-0.05, 0) is 50.0 Å². The molecule has 1 aliphatic heterocycles. The smallest absolute Gasteiger partial charge is 0.266 e. The van der Waals surface area contributed by atoms with Gasteiger partial charge < -0.3 is 19.6 Å². The van der Waals surface area contributed by atoms with Crippen LogP contribution < -0.4 is 5.32 Å². The van der Waals surface area contributed by atoms with Crippen LogP contribution >= 0.6 is 12.2 Å². The fourth-order valence-corrected chi connectivity index (χ4v) is 3.45. The van der Waals surface area contributed by atoms with Gasteiger partial charge in [-0.2, -0.15) is 0 Å². The van der Waals surface area contributed by atoms with Crippen LogP contribution in [0.3, 0.4) is 0 Å². The SMILES string of the molecule is O=C(Nc1ccc2[nH]c(=S)oc2c1)[C@@H]1CCCN(C(=O)C2CC2)C1. The number of carbonyl (C=O) groups excluding carboxylic acids is 2. The number of anilines is 1. The van der Waals surface area contributed by atoms with Gasteiger partial charge in [0.15, 0.2) is 5.58 Å². The normalized spacial score (nSPS) is 21.0. The van der Waals surface area contributed by atoms with E-state index in [9.17, 15) is 9.59 Å². The molecule has 0 bridgehead atoms. The molecule has 0 radical (unpaired) electrons. The van der Waals surface area contributed by atoms with Crippen molar-refractivity contribution in [3.8, 4) is 0 Å². The number of nitrogens with zero attached hydrogens (tertiary/aromatic N) is 1. The number of aromatic nitrogens is 1. The summed E-state index contributed by atoms with van der Waals surface area (Å²) in [6.45, 7) is 1.29. The van der Waals surface area contributed by atoms with Gasteiger partial charge in [-0.25, -0.2) is 0 Å². The van der Waals surface area contributed by atoms with E-state index in [0.717, 1.165) is 37.7 Å². The molecule has 1 atom stereocenters. The number of carbonyl (C=O) groups is 2. The third kappa shape index (κ3) is 3.08. The van der Waals surface area contributed by atoms with Crippen LogP contribution in [-0.2, 0) is 9.59 Å². The van der Waals surface area contributed by atoms with Crippen molar-refractivity contribution in [2.45, 2.75) is 25.7 Å². The van der Waals surface area contributed by atoms with E-state index in [4.69, 9.17) is 16.6 Å². The van der Waals surface area contributed by atoms with Crippen LogP contribution in [0.5, 0.6) is 0 Å². The fourth-order valence-electron chi connectivity index (χ4n) is 3.25. The zero-order valence-corrected chi connectivity index (χ0v) is 14.0. The summed E-state index contributed by atoms with van der Waals surface area (Å²) < 4.78 is 5.37. The van der Waals surface area contributed by atoms with Crippen molar-refractivity contribution in [1.29, 1.82) is 0 Å². The highest BCUT2D eigenvalue weighted by Crippen LogP contribution is 2.32. The number of hydrogen-bond donors (Lipinski definition) is 2. The van der Waals surface area contributed by atoms with E-state index in [1.165, 1.54) is 0 Å². The van der Waals surface area contributed by atoms with Gasteiger partial charge in [-0.15, -0.1) is 0 Å². The van der Waals surface area contributed by atoms with Gasteiger partial charge in [0.2, 0.25) is 11.8 Å². The number of H-pyrrole nitrogens is 1. The lowest BCUT2D eigenvalue weighted by atomic mass is 9.96. The summed E-state index contributed by atoms with van der Waals surface area (Å²) in [5, 5.41) is 2.93. The van der Waals surface area contributed by atoms with Gasteiger partial charge in [0.25, 0.3) is 4.84 Å². The summed E-state index contributed by atoms with van der Waals surface area (Å²) in [6.07, 6.45) is 3.68. The highest BCUT2D eigenvalue weighted by Gasteiger charge is 2.36. The molecule has 126 valence electrons. The van der Waals surface area contributed by atoms with Gasteiger partial charge in [0.1, 0.15) is 0 Å². The Morgan fingerprint density at radius 2 is 2.08 bits per heavy atom. The molecular weight excluding hydrogens is 326 g/mol. The Morgan fingerprint density at radius 3 is 2.88 bits per heavy atom. The average Bonchev–Trinajstić information content (AvgIpc) is 3.36. The minimum absolute atomic E-state index is 0.0446. The molecule has 0 spiro atoms. The van der Waals surface area contributed by atoms with Crippen molar-refractivity contribution >= 4 is 40.8 Å². The number of aromatic amines is 1. The number of oxazole rings is 1. The van der Waals surface area contributed by atoms with Crippen LogP contribution in [0.25, 0.3) is 11.1 Å². The minimum atomic E-state index is -0.158. The molecule has 1 aliphatic carbocycles. The molecule has 2 aliphatic rings. The molecule has 0 unspecified atom stereocenters. The molecular formula is C17H19N3O3S. The molecule has 1 aromatic carbocycles. The number of amides is 2. The van der Waals surface area contributed by atoms with Crippen molar-refractivity contribution in [3.05, 3.63) is 23.0 Å². The summed E-state index contributed by atoms with van der Waals surface area (Å²) >= 11 is 4.96. The quantitative estimate of drug-likeness (QED) is 0.838. The third-order valence-electron chi connectivity index (χ3n) is 4.72. The number of likely N-dealkylation sites (tertiary alicyclic amines) is 1. The first-order valence-electron chi connectivity index (χ1n) is 8.33. The number of piperidine rings is 1. The van der Waals surface area contributed by atoms with Crippen molar-refractivity contribution in [1.82, 2.24) is 9.88 Å². The number of benzene rings is 1. The third-order valence-corrected chi connectivity index (χ3v) is 4.90. The molecule has 4 rings (SSSR count). The first-order chi connectivity index (χ1) is 11.6. The van der Waals surface area contributed by atoms with Crippen LogP contribution in [0.15, 0.2) is 22.6 Å². The van der Waals surface area contributed by atoms with E-state index < -0.39 is 0 Å². The number of fused-ring (bicyclic) bond motifs is 1. The van der Waals surface area contributed by atoms with Crippen molar-refractivity contribution in [2.75, 3.05) is 18.4 Å². The van der Waals surface area contributed by atoms with Crippen LogP contribution in [0, 0.1) is 16.7 Å². The molecule has 2 aromatic rings. The summed E-state index contributed by atoms with van der Waals surface area (Å²) in [5.74, 6) is 0.224. The average molecular weight is 345 g/mol. The maximum atomic E-state index is 12.6. The van der Waals surface area contributed by atoms with Crippen LogP contribution in [0.1, 0.15) is 25.7 Å². The topological polar surface area (TPSA) is 78.3 Å². The predicted octanol–water partition coefficient (Wildman–Crippen LogP) is 3.08. The molecule has 2 amide bonds. The number of nitrogens with one attached hydrogen (secondary N) is 2. The van der Waals surface area contributed by atoms with Crippen molar-refractivity contribution in [2.24, 2.45) is 11.8 Å². The van der Waals surface area contributed by atoms with Gasteiger partial charge in [0.05, 0.1) is 11.4 Å². The second-order valence-electron chi connectivity index (χ2n) is 6.61. The number of rotatable bonds is 3. The standard InChI is InChI=1S/C17H19N3O3S/c21-15(11-2-1-7-20(9-11)16(22)10-3-4-10)18-12-5-6-13-14(8-12)23-17(24)19-13/h5-6,8,10-11H,1-4,7,9H2,(H,18,21)(H,19,24)/t11-/m1/s1. The Labute approximate surface area is 144 Å². The van der Waals surface area contributed by atoms with Gasteiger partial charge in [0, 0.05) is 30.8 Å². The van der Waals surface area contributed by atoms with E-state index in [0.29, 0.717) is 22.7 Å². The molecule has 1 saturated heterocycles. The van der Waals surface area contributed by atoms with Crippen LogP contribution in [0.2, 0.25) is 0 Å². The first-order valence-corrected chi connectivity index (χ1v) is 8.73. The molecule has 1 aromatic heterocycles. The highest BCUT2D eigenvalue weighted by atomic mass is 32.1. The van der Waals surface area contributed by atoms with Crippen molar-refractivity contribution < 1.29 is 14.0 Å². The highest BCUT2D eigenvalue weighted by molar-refractivity contribution is 7.71. The Balaban J connectivity index is 1.44. The summed E-state index contributed by atoms with van der Waals surface area (Å²) in [7, 11) is 0. The van der Waals surface area contributed by atoms with E-state index in [1.807, 2.05) is 17.0 Å². The molecule has 2 fully saturated rings. The van der Waals surface area contributed by atoms with E-state index >= 15 is 0 Å². The Hall–Kier alpha value is -2.15. The molecule has 2 heterocycles. The lowest BCUT2D eigenvalue weighted by Gasteiger charge is -2.32. The molecule has 24 heavy (non-hydrogen) atoms. The number of hydrogen-bond acceptors (Lipinski definition) is 4. The maximum absolute atomic E-state index is 12.6. The zero-order chi connectivity index (χ0) is 16.7. The molecule has 6 nitrogen and oxygen atoms in total. The van der Waals surface area contributed by atoms with Gasteiger partial charge >= 0.3 is 0 Å². The summed E-state index contributed by atoms with van der Waals surface area (Å²) in [6, 6.07) is 5.40. The van der Waals surface area contributed by atoms with E-state index in [1.54, 1.807) is 6.07 Å². The van der Waals surface area contributed by atoms with E-state index in [2.05, 4.69) is 10.3 Å². The summed E-state index contributed by atoms with van der Waals surface area (Å²) in [5.41, 5.74) is 2.10.